The molecule has 6 aliphatic rings. The van der Waals surface area contributed by atoms with E-state index in [1.165, 1.54) is 5.56 Å². The van der Waals surface area contributed by atoms with Crippen molar-refractivity contribution in [2.75, 3.05) is 69.1 Å². The van der Waals surface area contributed by atoms with E-state index < -0.39 is 6.04 Å². The Bertz CT molecular complexity index is 1970. The second kappa shape index (κ2) is 14.2. The first-order chi connectivity index (χ1) is 26.3. The third-order valence-electron chi connectivity index (χ3n) is 12.5. The number of imide groups is 1. The molecule has 3 aromatic rings. The number of phenols is 1. The fourth-order valence-electron chi connectivity index (χ4n) is 9.43. The van der Waals surface area contributed by atoms with Crippen molar-refractivity contribution in [3.05, 3.63) is 65.2 Å². The van der Waals surface area contributed by atoms with Gasteiger partial charge in [-0.15, -0.1) is 10.2 Å². The minimum atomic E-state index is -0.591. The van der Waals surface area contributed by atoms with E-state index in [0.29, 0.717) is 67.8 Å². The molecule has 14 nitrogen and oxygen atoms in total. The summed E-state index contributed by atoms with van der Waals surface area (Å²) < 4.78 is 0. The minimum Gasteiger partial charge on any atom is -0.507 e. The number of phenolic OH excluding ortho intramolecular Hbond substituents is 1. The summed E-state index contributed by atoms with van der Waals surface area (Å²) >= 11 is 0. The van der Waals surface area contributed by atoms with E-state index in [1.54, 1.807) is 17.0 Å². The molecule has 1 aromatic heterocycles. The molecule has 0 aliphatic carbocycles. The number of piperidine rings is 3. The molecule has 9 rings (SSSR count). The maximum absolute atomic E-state index is 13.7. The summed E-state index contributed by atoms with van der Waals surface area (Å²) in [4.78, 5) is 61.7. The molecule has 54 heavy (non-hydrogen) atoms. The molecule has 4 fully saturated rings. The topological polar surface area (TPSA) is 155 Å². The lowest BCUT2D eigenvalue weighted by Gasteiger charge is -2.47. The maximum Gasteiger partial charge on any atom is 0.320 e. The zero-order valence-electron chi connectivity index (χ0n) is 30.5. The first-order valence-corrected chi connectivity index (χ1v) is 19.5. The van der Waals surface area contributed by atoms with Crippen molar-refractivity contribution >= 4 is 35.3 Å². The van der Waals surface area contributed by atoms with E-state index in [2.05, 4.69) is 36.7 Å². The van der Waals surface area contributed by atoms with Gasteiger partial charge in [0.05, 0.1) is 17.4 Å². The van der Waals surface area contributed by atoms with Crippen molar-refractivity contribution in [2.24, 2.45) is 5.92 Å². The second-order valence-corrected chi connectivity index (χ2v) is 15.8. The number of aromatic nitrogens is 2. The average molecular weight is 734 g/mol. The number of likely N-dealkylation sites (tertiary alicyclic amines) is 2. The van der Waals surface area contributed by atoms with Gasteiger partial charge in [-0.2, -0.15) is 0 Å². The van der Waals surface area contributed by atoms with Crippen LogP contribution in [-0.4, -0.2) is 130 Å². The molecule has 3 N–H and O–H groups in total. The Morgan fingerprint density at radius 3 is 2.44 bits per heavy atom. The molecule has 0 radical (unpaired) electrons. The van der Waals surface area contributed by atoms with Gasteiger partial charge >= 0.3 is 6.03 Å². The van der Waals surface area contributed by atoms with Gasteiger partial charge in [-0.1, -0.05) is 24.3 Å². The molecular weight excluding hydrogens is 686 g/mol. The molecule has 2 atom stereocenters. The van der Waals surface area contributed by atoms with Crippen molar-refractivity contribution in [3.63, 3.8) is 0 Å². The molecule has 4 saturated heterocycles. The number of amides is 5. The normalized spacial score (nSPS) is 23.8. The number of carbonyl (C=O) groups is 4. The summed E-state index contributed by atoms with van der Waals surface area (Å²) in [5.41, 5.74) is 5.06. The number of fused-ring (bicyclic) bond motifs is 4. The van der Waals surface area contributed by atoms with Crippen LogP contribution in [0.2, 0.25) is 0 Å². The number of nitrogens with one attached hydrogen (secondary N) is 2. The highest BCUT2D eigenvalue weighted by Gasteiger charge is 2.40. The fraction of sp³-hybridized carbons (Fsp3) is 0.500. The molecule has 7 heterocycles. The van der Waals surface area contributed by atoms with Crippen LogP contribution < -0.4 is 15.5 Å². The third kappa shape index (κ3) is 6.50. The number of urea groups is 1. The smallest absolute Gasteiger partial charge is 0.320 e. The van der Waals surface area contributed by atoms with Gasteiger partial charge in [0, 0.05) is 69.9 Å². The highest BCUT2D eigenvalue weighted by Crippen LogP contribution is 2.37. The van der Waals surface area contributed by atoms with Gasteiger partial charge in [0.1, 0.15) is 11.8 Å². The van der Waals surface area contributed by atoms with E-state index in [4.69, 9.17) is 0 Å². The van der Waals surface area contributed by atoms with Gasteiger partial charge in [0.15, 0.2) is 5.82 Å². The number of nitrogens with zero attached hydrogens (tertiary/aromatic N) is 7. The standard InChI is InChI=1S/C40H47N9O5/c50-35-4-2-1-3-30(35)32-20-34-37(44-43-32)41-21-29-24-47(17-18-48(29)34)40(54)46-15-9-25(10-16-46)22-45-13-11-26(12-14-45)27-5-6-28-23-49(39(53)31(28)19-27)33-7-8-36(51)42-38(33)52/h1-6,19-20,25-26,29,33,50H,7-18,21-24H2,(H,41,44)(H,42,51,52)/t29-,33?/m0/s1. The SMILES string of the molecule is O=C1CCC(N2Cc3ccc(C4CCN(CC5CCN(C(=O)N6CCN7c8cc(-c9ccccc9O)nnc8NC[C@H]7C6)CC5)CC4)cc3C2=O)C(=O)N1. The van der Waals surface area contributed by atoms with Crippen LogP contribution in [0.5, 0.6) is 5.75 Å². The van der Waals surface area contributed by atoms with E-state index in [9.17, 15) is 24.3 Å². The van der Waals surface area contributed by atoms with E-state index in [1.807, 2.05) is 40.1 Å². The molecule has 14 heteroatoms. The second-order valence-electron chi connectivity index (χ2n) is 15.8. The Morgan fingerprint density at radius 2 is 1.65 bits per heavy atom. The number of benzene rings is 2. The maximum atomic E-state index is 13.7. The highest BCUT2D eigenvalue weighted by atomic mass is 16.3. The lowest BCUT2D eigenvalue weighted by atomic mass is 9.87. The van der Waals surface area contributed by atoms with E-state index in [-0.39, 0.29) is 42.0 Å². The summed E-state index contributed by atoms with van der Waals surface area (Å²) in [6, 6.07) is 15.0. The van der Waals surface area contributed by atoms with Crippen LogP contribution in [0.4, 0.5) is 16.3 Å². The van der Waals surface area contributed by atoms with Crippen molar-refractivity contribution in [2.45, 2.75) is 63.1 Å². The highest BCUT2D eigenvalue weighted by molar-refractivity contribution is 6.05. The number of rotatable bonds is 5. The molecule has 0 spiro atoms. The molecule has 0 saturated carbocycles. The van der Waals surface area contributed by atoms with Crippen LogP contribution in [-0.2, 0) is 16.1 Å². The Kier molecular flexibility index (Phi) is 9.08. The zero-order valence-corrected chi connectivity index (χ0v) is 30.5. The average Bonchev–Trinajstić information content (AvgIpc) is 3.52. The molecule has 0 bridgehead atoms. The monoisotopic (exact) mass is 733 g/mol. The van der Waals surface area contributed by atoms with Gasteiger partial charge in [-0.05, 0) is 92.4 Å². The van der Waals surface area contributed by atoms with Crippen LogP contribution in [0.3, 0.4) is 0 Å². The lowest BCUT2D eigenvalue weighted by molar-refractivity contribution is -0.136. The number of hydrogen-bond donors (Lipinski definition) is 3. The van der Waals surface area contributed by atoms with Crippen molar-refractivity contribution < 1.29 is 24.3 Å². The Labute approximate surface area is 314 Å². The molecule has 2 aromatic carbocycles. The number of piperazine rings is 1. The molecule has 282 valence electrons. The van der Waals surface area contributed by atoms with Crippen LogP contribution in [0.25, 0.3) is 11.3 Å². The number of para-hydroxylation sites is 1. The predicted octanol–water partition coefficient (Wildman–Crippen LogP) is 3.24. The predicted molar refractivity (Wildman–Crippen MR) is 201 cm³/mol. The van der Waals surface area contributed by atoms with Gasteiger partial charge in [0.2, 0.25) is 11.8 Å². The molecular formula is C40H47N9O5. The summed E-state index contributed by atoms with van der Waals surface area (Å²) in [5.74, 6) is 1.10. The first kappa shape index (κ1) is 34.5. The summed E-state index contributed by atoms with van der Waals surface area (Å²) in [7, 11) is 0. The van der Waals surface area contributed by atoms with E-state index >= 15 is 0 Å². The van der Waals surface area contributed by atoms with Crippen LogP contribution in [0.1, 0.15) is 65.9 Å². The summed E-state index contributed by atoms with van der Waals surface area (Å²) in [6.07, 6.45) is 4.72. The molecule has 5 amide bonds. The third-order valence-corrected chi connectivity index (χ3v) is 12.5. The lowest BCUT2D eigenvalue weighted by Crippen LogP contribution is -2.61. The van der Waals surface area contributed by atoms with Crippen LogP contribution in [0, 0.1) is 5.92 Å². The Hall–Kier alpha value is -5.24. The van der Waals surface area contributed by atoms with E-state index in [0.717, 1.165) is 75.5 Å². The Balaban J connectivity index is 0.738. The number of hydrogen-bond acceptors (Lipinski definition) is 10. The van der Waals surface area contributed by atoms with Crippen molar-refractivity contribution in [1.82, 2.24) is 35.1 Å². The zero-order chi connectivity index (χ0) is 36.9. The van der Waals surface area contributed by atoms with Crippen molar-refractivity contribution in [1.29, 1.82) is 0 Å². The molecule has 6 aliphatic heterocycles. The quantitative estimate of drug-likeness (QED) is 0.333. The van der Waals surface area contributed by atoms with Gasteiger partial charge in [0.25, 0.3) is 5.91 Å². The fourth-order valence-corrected chi connectivity index (χ4v) is 9.43. The van der Waals surface area contributed by atoms with Crippen LogP contribution >= 0.6 is 0 Å². The van der Waals surface area contributed by atoms with Crippen molar-refractivity contribution in [3.8, 4) is 17.0 Å². The summed E-state index contributed by atoms with van der Waals surface area (Å²) in [5, 5.41) is 24.9. The first-order valence-electron chi connectivity index (χ1n) is 19.5. The van der Waals surface area contributed by atoms with Gasteiger partial charge in [-0.3, -0.25) is 19.7 Å². The largest absolute Gasteiger partial charge is 0.507 e. The molecule has 1 unspecified atom stereocenters. The number of aromatic hydroxyl groups is 1. The van der Waals surface area contributed by atoms with Gasteiger partial charge in [-0.25, -0.2) is 4.79 Å². The summed E-state index contributed by atoms with van der Waals surface area (Å²) in [6.45, 7) is 7.75. The number of anilines is 2. The van der Waals surface area contributed by atoms with Crippen LogP contribution in [0.15, 0.2) is 48.5 Å². The Morgan fingerprint density at radius 1 is 0.833 bits per heavy atom. The minimum absolute atomic E-state index is 0.113. The number of carbonyl (C=O) groups excluding carboxylic acids is 4. The van der Waals surface area contributed by atoms with Gasteiger partial charge < -0.3 is 34.9 Å².